The number of aromatic nitrogens is 1. The van der Waals surface area contributed by atoms with Gasteiger partial charge in [0.15, 0.2) is 0 Å². The summed E-state index contributed by atoms with van der Waals surface area (Å²) < 4.78 is 5.88. The molecule has 3 rings (SSSR count). The molecule has 0 amide bonds. The van der Waals surface area contributed by atoms with Crippen molar-refractivity contribution in [2.45, 2.75) is 25.5 Å². The van der Waals surface area contributed by atoms with Crippen molar-refractivity contribution in [2.24, 2.45) is 5.92 Å². The number of aliphatic hydroxyl groups is 1. The summed E-state index contributed by atoms with van der Waals surface area (Å²) in [7, 11) is 2.10. The van der Waals surface area contributed by atoms with E-state index < -0.39 is 0 Å². The van der Waals surface area contributed by atoms with E-state index in [-0.39, 0.29) is 6.10 Å². The van der Waals surface area contributed by atoms with Gasteiger partial charge >= 0.3 is 0 Å². The molecule has 3 heterocycles. The SMILES string of the molecule is CC(Cc1cccc(OC2CN(C)C2)n1)N1CC(CO)C1. The zero-order valence-corrected chi connectivity index (χ0v) is 12.9. The minimum atomic E-state index is 0.288. The van der Waals surface area contributed by atoms with Gasteiger partial charge in [-0.15, -0.1) is 0 Å². The second kappa shape index (κ2) is 6.30. The standard InChI is InChI=1S/C16H25N3O2/c1-12(19-7-13(8-19)11-20)6-14-4-3-5-16(17-14)21-15-9-18(2)10-15/h3-5,12-13,15,20H,6-11H2,1-2H3. The number of likely N-dealkylation sites (N-methyl/N-ethyl adjacent to an activating group) is 1. The van der Waals surface area contributed by atoms with E-state index in [1.165, 1.54) is 0 Å². The molecule has 0 radical (unpaired) electrons. The lowest BCUT2D eigenvalue weighted by Crippen LogP contribution is -2.53. The maximum Gasteiger partial charge on any atom is 0.213 e. The maximum atomic E-state index is 9.08. The molecule has 0 aliphatic carbocycles. The Kier molecular flexibility index (Phi) is 4.42. The summed E-state index contributed by atoms with van der Waals surface area (Å²) in [6, 6.07) is 6.50. The third-order valence-electron chi connectivity index (χ3n) is 4.47. The Balaban J connectivity index is 1.51. The molecule has 1 atom stereocenters. The van der Waals surface area contributed by atoms with Gasteiger partial charge in [-0.05, 0) is 20.0 Å². The molecule has 21 heavy (non-hydrogen) atoms. The zero-order valence-electron chi connectivity index (χ0n) is 12.9. The number of hydrogen-bond acceptors (Lipinski definition) is 5. The minimum Gasteiger partial charge on any atom is -0.472 e. The van der Waals surface area contributed by atoms with Crippen LogP contribution in [0.25, 0.3) is 0 Å². The highest BCUT2D eigenvalue weighted by Crippen LogP contribution is 2.21. The van der Waals surface area contributed by atoms with Crippen LogP contribution in [0.3, 0.4) is 0 Å². The van der Waals surface area contributed by atoms with Crippen molar-refractivity contribution in [1.29, 1.82) is 0 Å². The summed E-state index contributed by atoms with van der Waals surface area (Å²) >= 11 is 0. The predicted octanol–water partition coefficient (Wildman–Crippen LogP) is 0.629. The number of pyridine rings is 1. The van der Waals surface area contributed by atoms with Gasteiger partial charge in [-0.3, -0.25) is 9.80 Å². The molecule has 0 aromatic carbocycles. The van der Waals surface area contributed by atoms with E-state index in [1.807, 2.05) is 12.1 Å². The van der Waals surface area contributed by atoms with E-state index in [1.54, 1.807) is 0 Å². The van der Waals surface area contributed by atoms with Crippen LogP contribution in [0.5, 0.6) is 5.88 Å². The second-order valence-electron chi connectivity index (χ2n) is 6.48. The quantitative estimate of drug-likeness (QED) is 0.833. The van der Waals surface area contributed by atoms with E-state index >= 15 is 0 Å². The summed E-state index contributed by atoms with van der Waals surface area (Å²) in [5.41, 5.74) is 1.08. The molecule has 1 aromatic heterocycles. The fourth-order valence-electron chi connectivity index (χ4n) is 3.04. The van der Waals surface area contributed by atoms with Crippen LogP contribution in [0.15, 0.2) is 18.2 Å². The molecule has 116 valence electrons. The summed E-state index contributed by atoms with van der Waals surface area (Å²) in [5.74, 6) is 1.21. The van der Waals surface area contributed by atoms with Crippen molar-refractivity contribution in [3.63, 3.8) is 0 Å². The van der Waals surface area contributed by atoms with E-state index in [0.717, 1.165) is 44.2 Å². The Hall–Kier alpha value is -1.17. The minimum absolute atomic E-state index is 0.288. The lowest BCUT2D eigenvalue weighted by molar-refractivity contribution is 0.0245. The van der Waals surface area contributed by atoms with Gasteiger partial charge in [0.05, 0.1) is 0 Å². The smallest absolute Gasteiger partial charge is 0.213 e. The number of likely N-dealkylation sites (tertiary alicyclic amines) is 2. The fourth-order valence-corrected chi connectivity index (χ4v) is 3.04. The molecule has 0 saturated carbocycles. The number of ether oxygens (including phenoxy) is 1. The largest absolute Gasteiger partial charge is 0.472 e. The van der Waals surface area contributed by atoms with Crippen molar-refractivity contribution in [3.05, 3.63) is 23.9 Å². The monoisotopic (exact) mass is 291 g/mol. The first-order chi connectivity index (χ1) is 10.1. The van der Waals surface area contributed by atoms with Crippen molar-refractivity contribution >= 4 is 0 Å². The maximum absolute atomic E-state index is 9.08. The Morgan fingerprint density at radius 3 is 2.76 bits per heavy atom. The molecule has 0 spiro atoms. The van der Waals surface area contributed by atoms with Crippen LogP contribution in [0.1, 0.15) is 12.6 Å². The summed E-state index contributed by atoms with van der Waals surface area (Å²) in [6.07, 6.45) is 1.22. The highest BCUT2D eigenvalue weighted by Gasteiger charge is 2.30. The number of nitrogens with zero attached hydrogens (tertiary/aromatic N) is 3. The van der Waals surface area contributed by atoms with Crippen LogP contribution < -0.4 is 4.74 Å². The molecule has 2 fully saturated rings. The van der Waals surface area contributed by atoms with Gasteiger partial charge in [0.1, 0.15) is 6.10 Å². The Morgan fingerprint density at radius 1 is 1.33 bits per heavy atom. The van der Waals surface area contributed by atoms with Crippen molar-refractivity contribution in [3.8, 4) is 5.88 Å². The first kappa shape index (κ1) is 14.8. The molecule has 5 nitrogen and oxygen atoms in total. The van der Waals surface area contributed by atoms with Gasteiger partial charge in [0.2, 0.25) is 5.88 Å². The highest BCUT2D eigenvalue weighted by molar-refractivity contribution is 5.17. The van der Waals surface area contributed by atoms with E-state index in [9.17, 15) is 0 Å². The Labute approximate surface area is 126 Å². The van der Waals surface area contributed by atoms with Gasteiger partial charge in [-0.1, -0.05) is 6.07 Å². The molecule has 1 aromatic rings. The predicted molar refractivity (Wildman–Crippen MR) is 81.5 cm³/mol. The average molecular weight is 291 g/mol. The third-order valence-corrected chi connectivity index (χ3v) is 4.47. The van der Waals surface area contributed by atoms with Crippen molar-refractivity contribution in [2.75, 3.05) is 39.8 Å². The topological polar surface area (TPSA) is 48.8 Å². The van der Waals surface area contributed by atoms with E-state index in [0.29, 0.717) is 18.6 Å². The molecule has 2 aliphatic heterocycles. The van der Waals surface area contributed by atoms with Crippen LogP contribution in [0, 0.1) is 5.92 Å². The lowest BCUT2D eigenvalue weighted by atomic mass is 9.97. The molecular weight excluding hydrogens is 266 g/mol. The summed E-state index contributed by atoms with van der Waals surface area (Å²) in [5, 5.41) is 9.08. The molecule has 2 saturated heterocycles. The molecule has 0 bridgehead atoms. The van der Waals surface area contributed by atoms with E-state index in [2.05, 4.69) is 34.8 Å². The normalized spacial score (nSPS) is 22.6. The average Bonchev–Trinajstić information content (AvgIpc) is 2.36. The summed E-state index contributed by atoms with van der Waals surface area (Å²) in [4.78, 5) is 9.26. The van der Waals surface area contributed by atoms with Gasteiger partial charge in [-0.2, -0.15) is 0 Å². The van der Waals surface area contributed by atoms with Crippen LogP contribution in [-0.2, 0) is 6.42 Å². The van der Waals surface area contributed by atoms with Gasteiger partial charge in [-0.25, -0.2) is 4.98 Å². The van der Waals surface area contributed by atoms with Crippen LogP contribution in [-0.4, -0.2) is 71.9 Å². The lowest BCUT2D eigenvalue weighted by Gasteiger charge is -2.42. The van der Waals surface area contributed by atoms with Crippen molar-refractivity contribution < 1.29 is 9.84 Å². The number of aliphatic hydroxyl groups excluding tert-OH is 1. The van der Waals surface area contributed by atoms with Crippen molar-refractivity contribution in [1.82, 2.24) is 14.8 Å². The first-order valence-electron chi connectivity index (χ1n) is 7.80. The molecule has 1 N–H and O–H groups in total. The first-order valence-corrected chi connectivity index (χ1v) is 7.80. The molecule has 1 unspecified atom stereocenters. The molecule has 2 aliphatic rings. The van der Waals surface area contributed by atoms with Gasteiger partial charge in [0, 0.05) is 62.9 Å². The molecule has 5 heteroatoms. The van der Waals surface area contributed by atoms with Crippen LogP contribution in [0.2, 0.25) is 0 Å². The third kappa shape index (κ3) is 3.54. The number of hydrogen-bond donors (Lipinski definition) is 1. The highest BCUT2D eigenvalue weighted by atomic mass is 16.5. The van der Waals surface area contributed by atoms with E-state index in [4.69, 9.17) is 9.84 Å². The zero-order chi connectivity index (χ0) is 14.8. The van der Waals surface area contributed by atoms with Gasteiger partial charge < -0.3 is 9.84 Å². The Morgan fingerprint density at radius 2 is 2.10 bits per heavy atom. The second-order valence-corrected chi connectivity index (χ2v) is 6.48. The Bertz CT molecular complexity index is 470. The van der Waals surface area contributed by atoms with Crippen LogP contribution in [0.4, 0.5) is 0 Å². The molecular formula is C16H25N3O2. The van der Waals surface area contributed by atoms with Crippen LogP contribution >= 0.6 is 0 Å². The fraction of sp³-hybridized carbons (Fsp3) is 0.688. The number of rotatable bonds is 6. The van der Waals surface area contributed by atoms with Gasteiger partial charge in [0.25, 0.3) is 0 Å². The summed E-state index contributed by atoms with van der Waals surface area (Å²) in [6.45, 7) is 6.51.